The number of benzene rings is 1. The van der Waals surface area contributed by atoms with Crippen LogP contribution in [0.25, 0.3) is 5.65 Å². The van der Waals surface area contributed by atoms with Crippen molar-refractivity contribution in [2.24, 2.45) is 0 Å². The lowest BCUT2D eigenvalue weighted by atomic mass is 9.99. The number of rotatable bonds is 5. The van der Waals surface area contributed by atoms with Crippen molar-refractivity contribution in [3.05, 3.63) is 53.5 Å². The molecule has 3 heterocycles. The summed E-state index contributed by atoms with van der Waals surface area (Å²) in [5, 5.41) is 4.57. The fraction of sp³-hybridized carbons (Fsp3) is 0.409. The van der Waals surface area contributed by atoms with Gasteiger partial charge in [0.05, 0.1) is 24.5 Å². The molecule has 4 rings (SSSR count). The van der Waals surface area contributed by atoms with Crippen LogP contribution in [-0.4, -0.2) is 45.7 Å². The Hall–Kier alpha value is -3.09. The van der Waals surface area contributed by atoms with Gasteiger partial charge in [0.2, 0.25) is 0 Å². The van der Waals surface area contributed by atoms with Gasteiger partial charge in [0.15, 0.2) is 23.8 Å². The van der Waals surface area contributed by atoms with Crippen LogP contribution < -0.4 is 9.47 Å². The molecular formula is C22H26N4O3. The molecule has 1 amide bonds. The zero-order chi connectivity index (χ0) is 20.4. The summed E-state index contributed by atoms with van der Waals surface area (Å²) in [5.74, 6) is 1.18. The topological polar surface area (TPSA) is 69.0 Å². The summed E-state index contributed by atoms with van der Waals surface area (Å²) in [5.41, 5.74) is 3.78. The van der Waals surface area contributed by atoms with Crippen LogP contribution in [0.15, 0.2) is 36.5 Å². The molecule has 1 fully saturated rings. The maximum absolute atomic E-state index is 13.1. The van der Waals surface area contributed by atoms with Gasteiger partial charge in [-0.25, -0.2) is 9.50 Å². The van der Waals surface area contributed by atoms with Crippen LogP contribution in [0.3, 0.4) is 0 Å². The molecule has 0 N–H and O–H groups in total. The highest BCUT2D eigenvalue weighted by atomic mass is 16.5. The van der Waals surface area contributed by atoms with Crippen LogP contribution in [0.1, 0.15) is 42.3 Å². The number of fused-ring (bicyclic) bond motifs is 1. The maximum atomic E-state index is 13.1. The van der Waals surface area contributed by atoms with E-state index in [0.717, 1.165) is 41.9 Å². The van der Waals surface area contributed by atoms with Crippen LogP contribution in [0, 0.1) is 13.8 Å². The molecule has 0 bridgehead atoms. The van der Waals surface area contributed by atoms with Crippen molar-refractivity contribution >= 4 is 11.6 Å². The van der Waals surface area contributed by atoms with Crippen LogP contribution >= 0.6 is 0 Å². The van der Waals surface area contributed by atoms with E-state index < -0.39 is 0 Å². The van der Waals surface area contributed by atoms with E-state index in [9.17, 15) is 4.79 Å². The summed E-state index contributed by atoms with van der Waals surface area (Å²) in [6.07, 6.45) is 4.75. The summed E-state index contributed by atoms with van der Waals surface area (Å²) in [7, 11) is 1.60. The van der Waals surface area contributed by atoms with Gasteiger partial charge in [0.25, 0.3) is 5.91 Å². The third-order valence-electron chi connectivity index (χ3n) is 5.34. The number of aromatic nitrogens is 3. The zero-order valence-electron chi connectivity index (χ0n) is 17.1. The number of likely N-dealkylation sites (tertiary alicyclic amines) is 1. The molecule has 0 aliphatic carbocycles. The second-order valence-corrected chi connectivity index (χ2v) is 7.47. The van der Waals surface area contributed by atoms with Gasteiger partial charge in [-0.1, -0.05) is 6.07 Å². The average molecular weight is 394 g/mol. The van der Waals surface area contributed by atoms with Crippen LogP contribution in [-0.2, 0) is 4.79 Å². The van der Waals surface area contributed by atoms with Gasteiger partial charge < -0.3 is 14.4 Å². The van der Waals surface area contributed by atoms with Crippen LogP contribution in [0.2, 0.25) is 0 Å². The van der Waals surface area contributed by atoms with E-state index in [1.807, 2.05) is 53.6 Å². The molecule has 1 aliphatic heterocycles. The normalized spacial score (nSPS) is 16.8. The lowest BCUT2D eigenvalue weighted by molar-refractivity contribution is -0.137. The molecular weight excluding hydrogens is 368 g/mol. The van der Waals surface area contributed by atoms with Crippen molar-refractivity contribution in [3.8, 4) is 11.5 Å². The fourth-order valence-corrected chi connectivity index (χ4v) is 3.93. The van der Waals surface area contributed by atoms with E-state index in [-0.39, 0.29) is 18.6 Å². The van der Waals surface area contributed by atoms with E-state index in [0.29, 0.717) is 18.0 Å². The first-order valence-electron chi connectivity index (χ1n) is 9.95. The lowest BCUT2D eigenvalue weighted by Gasteiger charge is -2.35. The Morgan fingerprint density at radius 1 is 1.17 bits per heavy atom. The number of hydrogen-bond donors (Lipinski definition) is 0. The van der Waals surface area contributed by atoms with Crippen molar-refractivity contribution < 1.29 is 14.3 Å². The SMILES string of the molecule is COc1cc(C)ccc1OCC(=O)N1CCCC[C@H]1c1ccnc2cc(C)nn12. The number of methoxy groups -OCH3 is 1. The molecule has 1 saturated heterocycles. The van der Waals surface area contributed by atoms with Crippen molar-refractivity contribution in [1.29, 1.82) is 0 Å². The van der Waals surface area contributed by atoms with E-state index in [1.54, 1.807) is 13.3 Å². The minimum atomic E-state index is -0.0374. The number of amides is 1. The standard InChI is InChI=1S/C22H26N4O3/c1-15-7-8-19(20(12-15)28-3)29-14-22(27)25-11-5-4-6-17(25)18-9-10-23-21-13-16(2)24-26(18)21/h7-10,12-13,17H,4-6,11,14H2,1-3H3/t17-/m0/s1. The number of ether oxygens (including phenoxy) is 2. The molecule has 0 saturated carbocycles. The van der Waals surface area contributed by atoms with Crippen LogP contribution in [0.4, 0.5) is 0 Å². The number of piperidine rings is 1. The summed E-state index contributed by atoms with van der Waals surface area (Å²) in [6.45, 7) is 4.62. The Labute approximate surface area is 170 Å². The Kier molecular flexibility index (Phi) is 5.38. The fourth-order valence-electron chi connectivity index (χ4n) is 3.93. The lowest BCUT2D eigenvalue weighted by Crippen LogP contribution is -2.41. The molecule has 152 valence electrons. The van der Waals surface area contributed by atoms with E-state index >= 15 is 0 Å². The highest BCUT2D eigenvalue weighted by molar-refractivity contribution is 5.78. The number of carbonyl (C=O) groups excluding carboxylic acids is 1. The van der Waals surface area contributed by atoms with Gasteiger partial charge in [-0.15, -0.1) is 0 Å². The van der Waals surface area contributed by atoms with Gasteiger partial charge in [0, 0.05) is 18.8 Å². The number of nitrogens with zero attached hydrogens (tertiary/aromatic N) is 4. The minimum Gasteiger partial charge on any atom is -0.493 e. The highest BCUT2D eigenvalue weighted by Crippen LogP contribution is 2.32. The quantitative estimate of drug-likeness (QED) is 0.663. The number of hydrogen-bond acceptors (Lipinski definition) is 5. The van der Waals surface area contributed by atoms with Crippen molar-refractivity contribution in [2.45, 2.75) is 39.2 Å². The molecule has 2 aromatic heterocycles. The molecule has 7 heteroatoms. The predicted molar refractivity (Wildman–Crippen MR) is 109 cm³/mol. The third-order valence-corrected chi connectivity index (χ3v) is 5.34. The van der Waals surface area contributed by atoms with Gasteiger partial charge in [-0.05, 0) is 56.9 Å². The van der Waals surface area contributed by atoms with E-state index in [4.69, 9.17) is 9.47 Å². The van der Waals surface area contributed by atoms with Crippen LogP contribution in [0.5, 0.6) is 11.5 Å². The Bertz CT molecular complexity index is 1030. The first-order valence-corrected chi connectivity index (χ1v) is 9.95. The van der Waals surface area contributed by atoms with E-state index in [2.05, 4.69) is 10.1 Å². The summed E-state index contributed by atoms with van der Waals surface area (Å²) in [4.78, 5) is 19.4. The van der Waals surface area contributed by atoms with Gasteiger partial charge in [-0.3, -0.25) is 4.79 Å². The smallest absolute Gasteiger partial charge is 0.261 e. The summed E-state index contributed by atoms with van der Waals surface area (Å²) >= 11 is 0. The second-order valence-electron chi connectivity index (χ2n) is 7.47. The van der Waals surface area contributed by atoms with Gasteiger partial charge in [-0.2, -0.15) is 5.10 Å². The van der Waals surface area contributed by atoms with Crippen molar-refractivity contribution in [3.63, 3.8) is 0 Å². The van der Waals surface area contributed by atoms with Gasteiger partial charge >= 0.3 is 0 Å². The monoisotopic (exact) mass is 394 g/mol. The largest absolute Gasteiger partial charge is 0.493 e. The molecule has 3 aromatic rings. The Morgan fingerprint density at radius 2 is 2.03 bits per heavy atom. The molecule has 1 aliphatic rings. The summed E-state index contributed by atoms with van der Waals surface area (Å²) in [6, 6.07) is 9.56. The average Bonchev–Trinajstić information content (AvgIpc) is 3.12. The van der Waals surface area contributed by atoms with Gasteiger partial charge in [0.1, 0.15) is 0 Å². The molecule has 0 unspecified atom stereocenters. The molecule has 1 aromatic carbocycles. The Balaban J connectivity index is 1.55. The summed E-state index contributed by atoms with van der Waals surface area (Å²) < 4.78 is 13.1. The van der Waals surface area contributed by atoms with Crippen molar-refractivity contribution in [1.82, 2.24) is 19.5 Å². The number of carbonyl (C=O) groups is 1. The Morgan fingerprint density at radius 3 is 2.86 bits per heavy atom. The molecule has 1 atom stereocenters. The zero-order valence-corrected chi connectivity index (χ0v) is 17.1. The molecule has 7 nitrogen and oxygen atoms in total. The predicted octanol–water partition coefficient (Wildman–Crippen LogP) is 3.49. The molecule has 0 spiro atoms. The van der Waals surface area contributed by atoms with E-state index in [1.165, 1.54) is 0 Å². The van der Waals surface area contributed by atoms with Crippen molar-refractivity contribution in [2.75, 3.05) is 20.3 Å². The first-order chi connectivity index (χ1) is 14.1. The third kappa shape index (κ3) is 3.90. The first kappa shape index (κ1) is 19.2. The number of aryl methyl sites for hydroxylation is 2. The maximum Gasteiger partial charge on any atom is 0.261 e. The highest BCUT2D eigenvalue weighted by Gasteiger charge is 2.30. The molecule has 29 heavy (non-hydrogen) atoms. The minimum absolute atomic E-state index is 0.0255. The second kappa shape index (κ2) is 8.11. The molecule has 0 radical (unpaired) electrons.